The van der Waals surface area contributed by atoms with Crippen LogP contribution in [0.25, 0.3) is 22.4 Å². The minimum absolute atomic E-state index is 0.0854. The van der Waals surface area contributed by atoms with Gasteiger partial charge in [-0.15, -0.1) is 11.8 Å². The molecular weight excluding hydrogens is 816 g/mol. The quantitative estimate of drug-likeness (QED) is 0.0550. The number of nitrogen functional groups attached to an aromatic ring is 1. The fourth-order valence-corrected chi connectivity index (χ4v) is 9.48. The monoisotopic (exact) mass is 864 g/mol. The fourth-order valence-electron chi connectivity index (χ4n) is 7.27. The molecule has 0 bridgehead atoms. The number of hydrogen-bond donors (Lipinski definition) is 4. The normalized spacial score (nSPS) is 13.7. The van der Waals surface area contributed by atoms with Crippen molar-refractivity contribution in [1.82, 2.24) is 14.7 Å². The zero-order valence-corrected chi connectivity index (χ0v) is 36.1. The van der Waals surface area contributed by atoms with Gasteiger partial charge in [0.15, 0.2) is 5.69 Å². The number of nitrogens with zero attached hydrogens (tertiary/aromatic N) is 5. The molecule has 1 aliphatic heterocycles. The molecule has 0 unspecified atom stereocenters. The molecule has 5 N–H and O–H groups in total. The van der Waals surface area contributed by atoms with Crippen LogP contribution >= 0.6 is 23.4 Å². The number of hydrogen-bond acceptors (Lipinski definition) is 10. The minimum Gasteiger partial charge on any atom is -0.477 e. The summed E-state index contributed by atoms with van der Waals surface area (Å²) in [6.45, 7) is 3.83. The molecule has 15 heteroatoms. The number of nitrogens with one attached hydrogen (secondary N) is 2. The smallest absolute Gasteiger partial charge is 0.354 e. The summed E-state index contributed by atoms with van der Waals surface area (Å²) in [7, 11) is 1.83. The van der Waals surface area contributed by atoms with Crippen molar-refractivity contribution in [3.8, 4) is 22.4 Å². The molecular formula is C45H49ClN8O4S2. The van der Waals surface area contributed by atoms with E-state index in [1.165, 1.54) is 15.6 Å². The van der Waals surface area contributed by atoms with Crippen LogP contribution in [0.2, 0.25) is 5.02 Å². The summed E-state index contributed by atoms with van der Waals surface area (Å²) in [6, 6.07) is 37.7. The summed E-state index contributed by atoms with van der Waals surface area (Å²) in [5, 5.41) is 18.9. The maximum Gasteiger partial charge on any atom is 0.354 e. The van der Waals surface area contributed by atoms with Crippen molar-refractivity contribution in [2.75, 3.05) is 78.1 Å². The van der Waals surface area contributed by atoms with Crippen LogP contribution in [0.5, 0.6) is 0 Å². The molecule has 1 aromatic heterocycles. The molecule has 6 aromatic rings. The first-order valence-electron chi connectivity index (χ1n) is 19.6. The number of aromatic carboxylic acids is 1. The highest BCUT2D eigenvalue weighted by Crippen LogP contribution is 2.37. The molecule has 1 aliphatic rings. The summed E-state index contributed by atoms with van der Waals surface area (Å²) in [5.74, 6) is -0.228. The van der Waals surface area contributed by atoms with E-state index >= 15 is 0 Å². The second kappa shape index (κ2) is 18.7. The second-order valence-corrected chi connectivity index (χ2v) is 18.2. The molecule has 12 nitrogen and oxygen atoms in total. The number of sulfonamides is 1. The summed E-state index contributed by atoms with van der Waals surface area (Å²) >= 11 is 7.91. The average molecular weight is 866 g/mol. The molecule has 60 heavy (non-hydrogen) atoms. The minimum atomic E-state index is -3.91. The van der Waals surface area contributed by atoms with Crippen LogP contribution in [0.1, 0.15) is 16.9 Å². The van der Waals surface area contributed by atoms with Crippen molar-refractivity contribution >= 4 is 67.8 Å². The molecule has 0 amide bonds. The lowest BCUT2D eigenvalue weighted by molar-refractivity contribution is 0.0686. The standard InChI is InChI=1S/C45H49ClN8O4S2/c1-51(2)23-22-35(30-59-38-10-5-4-6-11-38)48-41-21-20-39(29-40(41)47)60(57,58)50-34-16-18-36(19-17-34)53-24-26-54(27-25-53)37-9-7-8-32(28-37)42-43(31-12-14-33(46)15-13-31)49-52(3)44(42)45(55)56/h4-21,28-29,35,48,50H,22-27,30,47H2,1-3H3,(H,55,56)/t35-/m1/s1. The second-order valence-electron chi connectivity index (χ2n) is 15.0. The molecule has 1 fully saturated rings. The van der Waals surface area contributed by atoms with Gasteiger partial charge in [0.1, 0.15) is 5.69 Å². The Balaban J connectivity index is 0.977. The van der Waals surface area contributed by atoms with Gasteiger partial charge in [-0.2, -0.15) is 5.10 Å². The predicted molar refractivity (Wildman–Crippen MR) is 246 cm³/mol. The number of halogens is 1. The van der Waals surface area contributed by atoms with Crippen molar-refractivity contribution < 1.29 is 18.3 Å². The molecule has 1 atom stereocenters. The summed E-state index contributed by atoms with van der Waals surface area (Å²) in [4.78, 5) is 20.4. The number of carbonyl (C=O) groups is 1. The molecule has 7 rings (SSSR count). The molecule has 0 saturated carbocycles. The molecule has 312 valence electrons. The van der Waals surface area contributed by atoms with E-state index in [9.17, 15) is 18.3 Å². The van der Waals surface area contributed by atoms with E-state index in [1.54, 1.807) is 55.2 Å². The molecule has 2 heterocycles. The number of carboxylic acids is 1. The Kier molecular flexibility index (Phi) is 13.2. The Morgan fingerprint density at radius 1 is 0.867 bits per heavy atom. The zero-order valence-electron chi connectivity index (χ0n) is 33.8. The number of carboxylic acid groups (broad SMARTS) is 1. The topological polar surface area (TPSA) is 149 Å². The van der Waals surface area contributed by atoms with Gasteiger partial charge in [0.2, 0.25) is 0 Å². The highest BCUT2D eigenvalue weighted by Gasteiger charge is 2.26. The van der Waals surface area contributed by atoms with Crippen molar-refractivity contribution in [2.24, 2.45) is 7.05 Å². The molecule has 5 aromatic carbocycles. The highest BCUT2D eigenvalue weighted by molar-refractivity contribution is 7.99. The number of thioether (sulfide) groups is 1. The Bertz CT molecular complexity index is 2530. The zero-order chi connectivity index (χ0) is 42.4. The van der Waals surface area contributed by atoms with Gasteiger partial charge in [0.05, 0.1) is 16.3 Å². The lowest BCUT2D eigenvalue weighted by Crippen LogP contribution is -2.46. The van der Waals surface area contributed by atoms with E-state index in [4.69, 9.17) is 17.3 Å². The van der Waals surface area contributed by atoms with Crippen LogP contribution in [0, 0.1) is 0 Å². The van der Waals surface area contributed by atoms with Crippen molar-refractivity contribution in [2.45, 2.75) is 22.3 Å². The summed E-state index contributed by atoms with van der Waals surface area (Å²) in [5.41, 5.74) is 12.7. The number of rotatable bonds is 16. The third-order valence-electron chi connectivity index (χ3n) is 10.4. The molecule has 0 radical (unpaired) electrons. The number of anilines is 5. The van der Waals surface area contributed by atoms with Crippen molar-refractivity contribution in [3.63, 3.8) is 0 Å². The van der Waals surface area contributed by atoms with Crippen LogP contribution in [-0.4, -0.2) is 92.8 Å². The van der Waals surface area contributed by atoms with Gasteiger partial charge in [-0.3, -0.25) is 9.40 Å². The number of aryl methyl sites for hydroxylation is 1. The van der Waals surface area contributed by atoms with Gasteiger partial charge < -0.3 is 30.9 Å². The largest absolute Gasteiger partial charge is 0.477 e. The summed E-state index contributed by atoms with van der Waals surface area (Å²) < 4.78 is 31.1. The fraction of sp³-hybridized carbons (Fsp3) is 0.244. The van der Waals surface area contributed by atoms with Gasteiger partial charge >= 0.3 is 5.97 Å². The van der Waals surface area contributed by atoms with Crippen molar-refractivity contribution in [3.05, 3.63) is 132 Å². The van der Waals surface area contributed by atoms with E-state index in [-0.39, 0.29) is 16.6 Å². The first-order chi connectivity index (χ1) is 28.8. The van der Waals surface area contributed by atoms with Crippen LogP contribution in [0.15, 0.2) is 131 Å². The number of benzene rings is 5. The lowest BCUT2D eigenvalue weighted by atomic mass is 9.98. The van der Waals surface area contributed by atoms with E-state index in [0.717, 1.165) is 67.4 Å². The van der Waals surface area contributed by atoms with E-state index in [0.29, 0.717) is 33.3 Å². The number of nitrogens with two attached hydrogens (primary N) is 1. The van der Waals surface area contributed by atoms with Gasteiger partial charge in [-0.25, -0.2) is 13.2 Å². The molecule has 1 saturated heterocycles. The highest BCUT2D eigenvalue weighted by atomic mass is 35.5. The third kappa shape index (κ3) is 10.2. The van der Waals surface area contributed by atoms with Crippen LogP contribution < -0.4 is 25.6 Å². The molecule has 0 spiro atoms. The number of piperazine rings is 1. The lowest BCUT2D eigenvalue weighted by Gasteiger charge is -2.37. The Morgan fingerprint density at radius 2 is 1.55 bits per heavy atom. The van der Waals surface area contributed by atoms with Gasteiger partial charge in [-0.1, -0.05) is 54.1 Å². The van der Waals surface area contributed by atoms with E-state index in [2.05, 4.69) is 42.0 Å². The van der Waals surface area contributed by atoms with E-state index in [1.807, 2.05) is 80.8 Å². The predicted octanol–water partition coefficient (Wildman–Crippen LogP) is 8.34. The van der Waals surface area contributed by atoms with Crippen LogP contribution in [0.3, 0.4) is 0 Å². The van der Waals surface area contributed by atoms with Gasteiger partial charge in [0, 0.05) is 83.1 Å². The number of aromatic nitrogens is 2. The first-order valence-corrected chi connectivity index (χ1v) is 22.5. The van der Waals surface area contributed by atoms with Crippen molar-refractivity contribution in [1.29, 1.82) is 0 Å². The third-order valence-corrected chi connectivity index (χ3v) is 13.2. The van der Waals surface area contributed by atoms with Gasteiger partial charge in [0.25, 0.3) is 10.0 Å². The molecule has 0 aliphatic carbocycles. The SMILES string of the molecule is CN(C)CC[C@H](CSc1ccccc1)Nc1ccc(S(=O)(=O)Nc2ccc(N3CCN(c4cccc(-c5c(-c6ccc(Cl)cc6)nn(C)c5C(=O)O)c4)CC3)cc2)cc1N. The van der Waals surface area contributed by atoms with Crippen LogP contribution in [0.4, 0.5) is 28.4 Å². The van der Waals surface area contributed by atoms with Gasteiger partial charge in [-0.05, 0) is 111 Å². The summed E-state index contributed by atoms with van der Waals surface area (Å²) in [6.07, 6.45) is 0.893. The Labute approximate surface area is 361 Å². The van der Waals surface area contributed by atoms with Crippen LogP contribution in [-0.2, 0) is 17.1 Å². The Hall–Kier alpha value is -5.67. The average Bonchev–Trinajstić information content (AvgIpc) is 3.60. The Morgan fingerprint density at radius 3 is 2.20 bits per heavy atom. The maximum atomic E-state index is 13.5. The maximum absolute atomic E-state index is 13.5. The first kappa shape index (κ1) is 42.5. The van der Waals surface area contributed by atoms with E-state index < -0.39 is 16.0 Å².